The standard InChI is InChI=1S/C13H12N4O2/c18-12(16-10-1-5-14-6-2-10)9-13(19)17-11-3-7-15-8-4-11/h1-8H,9H2,(H,14,16,18)(H,15,17,19). The predicted molar refractivity (Wildman–Crippen MR) is 70.4 cm³/mol. The van der Waals surface area contributed by atoms with Crippen molar-refractivity contribution >= 4 is 23.2 Å². The maximum absolute atomic E-state index is 11.6. The number of nitrogens with one attached hydrogen (secondary N) is 2. The van der Waals surface area contributed by atoms with E-state index in [9.17, 15) is 9.59 Å². The maximum Gasteiger partial charge on any atom is 0.233 e. The van der Waals surface area contributed by atoms with Crippen LogP contribution in [0.3, 0.4) is 0 Å². The Bertz CT molecular complexity index is 506. The van der Waals surface area contributed by atoms with Crippen molar-refractivity contribution in [1.29, 1.82) is 0 Å². The minimum atomic E-state index is -0.377. The average molecular weight is 256 g/mol. The molecule has 0 saturated carbocycles. The van der Waals surface area contributed by atoms with Gasteiger partial charge in [-0.3, -0.25) is 19.6 Å². The molecule has 19 heavy (non-hydrogen) atoms. The van der Waals surface area contributed by atoms with Crippen LogP contribution >= 0.6 is 0 Å². The molecule has 0 aromatic carbocycles. The third kappa shape index (κ3) is 4.19. The van der Waals surface area contributed by atoms with Crippen molar-refractivity contribution in [2.45, 2.75) is 6.42 Å². The first-order valence-corrected chi connectivity index (χ1v) is 5.64. The van der Waals surface area contributed by atoms with Gasteiger partial charge in [0.25, 0.3) is 0 Å². The van der Waals surface area contributed by atoms with Gasteiger partial charge in [-0.1, -0.05) is 0 Å². The number of nitrogens with zero attached hydrogens (tertiary/aromatic N) is 2. The van der Waals surface area contributed by atoms with E-state index in [2.05, 4.69) is 20.6 Å². The first-order chi connectivity index (χ1) is 9.24. The average Bonchev–Trinajstić information content (AvgIpc) is 2.40. The molecule has 6 nitrogen and oxygen atoms in total. The molecule has 0 bridgehead atoms. The summed E-state index contributed by atoms with van der Waals surface area (Å²) < 4.78 is 0. The molecule has 2 amide bonds. The summed E-state index contributed by atoms with van der Waals surface area (Å²) >= 11 is 0. The van der Waals surface area contributed by atoms with Crippen LogP contribution in [0.4, 0.5) is 11.4 Å². The van der Waals surface area contributed by atoms with Crippen LogP contribution in [0.15, 0.2) is 49.1 Å². The lowest BCUT2D eigenvalue weighted by Crippen LogP contribution is -2.21. The highest BCUT2D eigenvalue weighted by Gasteiger charge is 2.09. The second-order valence-corrected chi connectivity index (χ2v) is 3.74. The lowest BCUT2D eigenvalue weighted by atomic mass is 10.3. The van der Waals surface area contributed by atoms with Crippen molar-refractivity contribution in [2.75, 3.05) is 10.6 Å². The van der Waals surface area contributed by atoms with E-state index in [4.69, 9.17) is 0 Å². The van der Waals surface area contributed by atoms with Crippen LogP contribution in [0.25, 0.3) is 0 Å². The van der Waals surface area contributed by atoms with Crippen molar-refractivity contribution in [3.05, 3.63) is 49.1 Å². The van der Waals surface area contributed by atoms with Gasteiger partial charge in [0.05, 0.1) is 0 Å². The van der Waals surface area contributed by atoms with Crippen LogP contribution in [-0.4, -0.2) is 21.8 Å². The van der Waals surface area contributed by atoms with Gasteiger partial charge in [0.15, 0.2) is 0 Å². The van der Waals surface area contributed by atoms with E-state index < -0.39 is 0 Å². The Hall–Kier alpha value is -2.76. The topological polar surface area (TPSA) is 84.0 Å². The number of carbonyl (C=O) groups excluding carboxylic acids is 2. The largest absolute Gasteiger partial charge is 0.326 e. The molecule has 0 aliphatic rings. The number of pyridine rings is 2. The van der Waals surface area contributed by atoms with Crippen molar-refractivity contribution in [3.8, 4) is 0 Å². The summed E-state index contributed by atoms with van der Waals surface area (Å²) in [5.41, 5.74) is 1.22. The molecule has 2 aromatic rings. The summed E-state index contributed by atoms with van der Waals surface area (Å²) in [4.78, 5) is 30.9. The van der Waals surface area contributed by atoms with Gasteiger partial charge in [0.2, 0.25) is 11.8 Å². The van der Waals surface area contributed by atoms with Crippen LogP contribution < -0.4 is 10.6 Å². The minimum absolute atomic E-state index is 0.245. The van der Waals surface area contributed by atoms with E-state index >= 15 is 0 Å². The van der Waals surface area contributed by atoms with E-state index in [1.165, 1.54) is 0 Å². The lowest BCUT2D eigenvalue weighted by molar-refractivity contribution is -0.123. The molecular formula is C13H12N4O2. The molecule has 2 heterocycles. The van der Waals surface area contributed by atoms with Gasteiger partial charge in [0.1, 0.15) is 6.42 Å². The van der Waals surface area contributed by atoms with Gasteiger partial charge in [0, 0.05) is 36.2 Å². The fourth-order valence-corrected chi connectivity index (χ4v) is 1.43. The third-order valence-electron chi connectivity index (χ3n) is 2.25. The zero-order valence-corrected chi connectivity index (χ0v) is 10.0. The van der Waals surface area contributed by atoms with Crippen molar-refractivity contribution in [1.82, 2.24) is 9.97 Å². The fraction of sp³-hybridized carbons (Fsp3) is 0.0769. The minimum Gasteiger partial charge on any atom is -0.326 e. The summed E-state index contributed by atoms with van der Waals surface area (Å²) in [6.45, 7) is 0. The van der Waals surface area contributed by atoms with Crippen molar-refractivity contribution in [3.63, 3.8) is 0 Å². The number of hydrogen-bond acceptors (Lipinski definition) is 4. The Morgan fingerprint density at radius 3 is 1.53 bits per heavy atom. The van der Waals surface area contributed by atoms with Gasteiger partial charge in [-0.2, -0.15) is 0 Å². The molecule has 0 radical (unpaired) electrons. The monoisotopic (exact) mass is 256 g/mol. The summed E-state index contributed by atoms with van der Waals surface area (Å²) in [5.74, 6) is -0.754. The maximum atomic E-state index is 11.6. The zero-order valence-electron chi connectivity index (χ0n) is 10.0. The quantitative estimate of drug-likeness (QED) is 0.811. The molecule has 96 valence electrons. The van der Waals surface area contributed by atoms with Crippen LogP contribution in [-0.2, 0) is 9.59 Å². The fourth-order valence-electron chi connectivity index (χ4n) is 1.43. The Morgan fingerprint density at radius 2 is 1.16 bits per heavy atom. The summed E-state index contributed by atoms with van der Waals surface area (Å²) in [5, 5.41) is 5.21. The third-order valence-corrected chi connectivity index (χ3v) is 2.25. The highest BCUT2D eigenvalue weighted by atomic mass is 16.2. The lowest BCUT2D eigenvalue weighted by Gasteiger charge is -2.06. The molecule has 0 saturated heterocycles. The molecule has 0 spiro atoms. The number of carbonyl (C=O) groups is 2. The van der Waals surface area contributed by atoms with Crippen molar-refractivity contribution < 1.29 is 9.59 Å². The smallest absolute Gasteiger partial charge is 0.233 e. The Kier molecular flexibility index (Phi) is 4.17. The van der Waals surface area contributed by atoms with Gasteiger partial charge < -0.3 is 10.6 Å². The van der Waals surface area contributed by atoms with Gasteiger partial charge in [-0.15, -0.1) is 0 Å². The molecule has 2 aromatic heterocycles. The molecule has 6 heteroatoms. The second-order valence-electron chi connectivity index (χ2n) is 3.74. The summed E-state index contributed by atoms with van der Waals surface area (Å²) in [6, 6.07) is 6.61. The van der Waals surface area contributed by atoms with E-state index in [1.807, 2.05) is 0 Å². The highest BCUT2D eigenvalue weighted by Crippen LogP contribution is 2.06. The van der Waals surface area contributed by atoms with E-state index in [0.717, 1.165) is 0 Å². The van der Waals surface area contributed by atoms with Crippen LogP contribution in [0.1, 0.15) is 6.42 Å². The molecule has 0 atom stereocenters. The normalized spacial score (nSPS) is 9.68. The molecule has 0 aliphatic carbocycles. The van der Waals surface area contributed by atoms with Gasteiger partial charge in [-0.05, 0) is 24.3 Å². The Labute approximate surface area is 109 Å². The van der Waals surface area contributed by atoms with E-state index in [1.54, 1.807) is 49.1 Å². The molecular weight excluding hydrogens is 244 g/mol. The Morgan fingerprint density at radius 1 is 0.789 bits per heavy atom. The highest BCUT2D eigenvalue weighted by molar-refractivity contribution is 6.07. The summed E-state index contributed by atoms with van der Waals surface area (Å²) in [7, 11) is 0. The molecule has 0 unspecified atom stereocenters. The first kappa shape index (κ1) is 12.7. The second kappa shape index (κ2) is 6.25. The van der Waals surface area contributed by atoms with Crippen molar-refractivity contribution in [2.24, 2.45) is 0 Å². The number of anilines is 2. The van der Waals surface area contributed by atoms with Gasteiger partial charge in [-0.25, -0.2) is 0 Å². The summed E-state index contributed by atoms with van der Waals surface area (Å²) in [6.07, 6.45) is 6.00. The predicted octanol–water partition coefficient (Wildman–Crippen LogP) is 1.44. The van der Waals surface area contributed by atoms with Crippen LogP contribution in [0.2, 0.25) is 0 Å². The number of rotatable bonds is 4. The number of hydrogen-bond donors (Lipinski definition) is 2. The molecule has 0 fully saturated rings. The zero-order chi connectivity index (χ0) is 13.5. The molecule has 2 N–H and O–H groups in total. The number of aromatic nitrogens is 2. The first-order valence-electron chi connectivity index (χ1n) is 5.64. The SMILES string of the molecule is O=C(CC(=O)Nc1ccncc1)Nc1ccncc1. The number of amides is 2. The molecule has 2 rings (SSSR count). The van der Waals surface area contributed by atoms with Crippen LogP contribution in [0.5, 0.6) is 0 Å². The molecule has 0 aliphatic heterocycles. The van der Waals surface area contributed by atoms with E-state index in [-0.39, 0.29) is 18.2 Å². The van der Waals surface area contributed by atoms with Crippen LogP contribution in [0, 0.1) is 0 Å². The van der Waals surface area contributed by atoms with E-state index in [0.29, 0.717) is 11.4 Å². The van der Waals surface area contributed by atoms with Gasteiger partial charge >= 0.3 is 0 Å². The Balaban J connectivity index is 1.84.